The number of rotatable bonds is 3. The minimum absolute atomic E-state index is 0.0478. The molecule has 0 aliphatic carbocycles. The summed E-state index contributed by atoms with van der Waals surface area (Å²) in [6.07, 6.45) is -3.21. The molecule has 0 amide bonds. The van der Waals surface area contributed by atoms with Gasteiger partial charge in [0.25, 0.3) is 0 Å². The summed E-state index contributed by atoms with van der Waals surface area (Å²) in [7, 11) is 0. The van der Waals surface area contributed by atoms with Crippen molar-refractivity contribution in [3.8, 4) is 0 Å². The maximum absolute atomic E-state index is 14.2. The van der Waals surface area contributed by atoms with Gasteiger partial charge >= 0.3 is 12.1 Å². The van der Waals surface area contributed by atoms with E-state index in [1.807, 2.05) is 0 Å². The average Bonchev–Trinajstić information content (AvgIpc) is 2.90. The molecule has 0 unspecified atom stereocenters. The van der Waals surface area contributed by atoms with Crippen LogP contribution < -0.4 is 0 Å². The summed E-state index contributed by atoms with van der Waals surface area (Å²) in [5.74, 6) is -2.33. The SMILES string of the molecule is O=C(O)c1cccc(Cn2cnc3ccc(C(F)(F)F)cc32)c1F. The summed E-state index contributed by atoms with van der Waals surface area (Å²) >= 11 is 0. The van der Waals surface area contributed by atoms with Gasteiger partial charge in [-0.3, -0.25) is 0 Å². The van der Waals surface area contributed by atoms with Crippen LogP contribution in [0.4, 0.5) is 17.6 Å². The third-order valence-corrected chi connectivity index (χ3v) is 3.60. The summed E-state index contributed by atoms with van der Waals surface area (Å²) in [6.45, 7) is -0.134. The van der Waals surface area contributed by atoms with Crippen LogP contribution in [-0.4, -0.2) is 20.6 Å². The molecule has 1 aromatic heterocycles. The number of halogens is 4. The standard InChI is InChI=1S/C16H10F4N2O2/c17-14-9(2-1-3-11(14)15(23)24)7-22-8-21-12-5-4-10(6-13(12)22)16(18,19)20/h1-6,8H,7H2,(H,23,24). The van der Waals surface area contributed by atoms with Crippen molar-refractivity contribution < 1.29 is 27.5 Å². The third kappa shape index (κ3) is 2.82. The maximum Gasteiger partial charge on any atom is 0.416 e. The molecular formula is C16H10F4N2O2. The Bertz CT molecular complexity index is 931. The molecule has 0 bridgehead atoms. The number of hydrogen-bond donors (Lipinski definition) is 1. The van der Waals surface area contributed by atoms with Crippen LogP contribution in [0.25, 0.3) is 11.0 Å². The van der Waals surface area contributed by atoms with E-state index in [0.717, 1.165) is 18.2 Å². The molecule has 4 nitrogen and oxygen atoms in total. The zero-order valence-corrected chi connectivity index (χ0v) is 12.0. The van der Waals surface area contributed by atoms with E-state index in [2.05, 4.69) is 4.98 Å². The first kappa shape index (κ1) is 16.0. The number of carboxylic acids is 1. The predicted molar refractivity (Wildman–Crippen MR) is 77.2 cm³/mol. The molecule has 0 atom stereocenters. The maximum atomic E-state index is 14.2. The molecule has 0 aliphatic rings. The van der Waals surface area contributed by atoms with Crippen molar-refractivity contribution in [1.29, 1.82) is 0 Å². The van der Waals surface area contributed by atoms with E-state index < -0.39 is 29.1 Å². The monoisotopic (exact) mass is 338 g/mol. The van der Waals surface area contributed by atoms with Crippen LogP contribution in [0.2, 0.25) is 0 Å². The van der Waals surface area contributed by atoms with Gasteiger partial charge in [-0.2, -0.15) is 13.2 Å². The number of carboxylic acid groups (broad SMARTS) is 1. The first-order chi connectivity index (χ1) is 11.3. The van der Waals surface area contributed by atoms with Crippen molar-refractivity contribution in [3.63, 3.8) is 0 Å². The summed E-state index contributed by atoms with van der Waals surface area (Å²) in [6, 6.07) is 6.96. The topological polar surface area (TPSA) is 55.1 Å². The van der Waals surface area contributed by atoms with Gasteiger partial charge in [0.1, 0.15) is 5.82 Å². The fourth-order valence-electron chi connectivity index (χ4n) is 2.41. The predicted octanol–water partition coefficient (Wildman–Crippen LogP) is 3.94. The Kier molecular flexibility index (Phi) is 3.75. The van der Waals surface area contributed by atoms with Gasteiger partial charge in [0.15, 0.2) is 0 Å². The van der Waals surface area contributed by atoms with Crippen molar-refractivity contribution in [2.75, 3.05) is 0 Å². The zero-order chi connectivity index (χ0) is 17.5. The number of imidazole rings is 1. The van der Waals surface area contributed by atoms with Gasteiger partial charge in [-0.05, 0) is 24.3 Å². The molecule has 8 heteroatoms. The molecule has 0 fully saturated rings. The largest absolute Gasteiger partial charge is 0.478 e. The van der Waals surface area contributed by atoms with E-state index in [0.29, 0.717) is 5.52 Å². The molecule has 3 aromatic rings. The van der Waals surface area contributed by atoms with Crippen LogP contribution in [0.3, 0.4) is 0 Å². The average molecular weight is 338 g/mol. The highest BCUT2D eigenvalue weighted by Gasteiger charge is 2.30. The molecule has 0 radical (unpaired) electrons. The lowest BCUT2D eigenvalue weighted by Crippen LogP contribution is -2.08. The summed E-state index contributed by atoms with van der Waals surface area (Å²) < 4.78 is 54.0. The second-order valence-corrected chi connectivity index (χ2v) is 5.16. The van der Waals surface area contributed by atoms with Crippen LogP contribution in [-0.2, 0) is 12.7 Å². The molecule has 2 aromatic carbocycles. The normalized spacial score (nSPS) is 11.8. The minimum Gasteiger partial charge on any atom is -0.478 e. The lowest BCUT2D eigenvalue weighted by atomic mass is 10.1. The number of aromatic carboxylic acids is 1. The Morgan fingerprint density at radius 2 is 1.96 bits per heavy atom. The second kappa shape index (κ2) is 5.63. The van der Waals surface area contributed by atoms with Crippen molar-refractivity contribution in [1.82, 2.24) is 9.55 Å². The molecule has 124 valence electrons. The number of hydrogen-bond acceptors (Lipinski definition) is 2. The molecule has 0 saturated heterocycles. The van der Waals surface area contributed by atoms with Crippen LogP contribution in [0.5, 0.6) is 0 Å². The van der Waals surface area contributed by atoms with Gasteiger partial charge in [-0.25, -0.2) is 14.2 Å². The first-order valence-electron chi connectivity index (χ1n) is 6.80. The fraction of sp³-hybridized carbons (Fsp3) is 0.125. The molecule has 0 spiro atoms. The summed E-state index contributed by atoms with van der Waals surface area (Å²) in [5, 5.41) is 8.93. The Morgan fingerprint density at radius 1 is 1.21 bits per heavy atom. The lowest BCUT2D eigenvalue weighted by Gasteiger charge is -2.10. The zero-order valence-electron chi connectivity index (χ0n) is 12.0. The van der Waals surface area contributed by atoms with Crippen LogP contribution >= 0.6 is 0 Å². The van der Waals surface area contributed by atoms with E-state index in [1.54, 1.807) is 0 Å². The van der Waals surface area contributed by atoms with Crippen molar-refractivity contribution in [2.45, 2.75) is 12.7 Å². The Labute approximate surface area is 133 Å². The highest BCUT2D eigenvalue weighted by atomic mass is 19.4. The number of nitrogens with zero attached hydrogens (tertiary/aromatic N) is 2. The molecule has 0 saturated carbocycles. The molecule has 3 rings (SSSR count). The van der Waals surface area contributed by atoms with Gasteiger partial charge in [-0.1, -0.05) is 12.1 Å². The molecule has 1 heterocycles. The summed E-state index contributed by atoms with van der Waals surface area (Å²) in [5.41, 5.74) is -0.765. The highest BCUT2D eigenvalue weighted by Crippen LogP contribution is 2.31. The second-order valence-electron chi connectivity index (χ2n) is 5.16. The Hall–Kier alpha value is -2.90. The number of benzene rings is 2. The van der Waals surface area contributed by atoms with Crippen LogP contribution in [0, 0.1) is 5.82 Å². The first-order valence-corrected chi connectivity index (χ1v) is 6.80. The van der Waals surface area contributed by atoms with E-state index >= 15 is 0 Å². The number of carbonyl (C=O) groups is 1. The number of fused-ring (bicyclic) bond motifs is 1. The Balaban J connectivity index is 2.05. The van der Waals surface area contributed by atoms with Gasteiger partial charge in [-0.15, -0.1) is 0 Å². The number of aromatic nitrogens is 2. The van der Waals surface area contributed by atoms with Gasteiger partial charge in [0, 0.05) is 5.56 Å². The lowest BCUT2D eigenvalue weighted by molar-refractivity contribution is -0.137. The van der Waals surface area contributed by atoms with E-state index in [1.165, 1.54) is 29.1 Å². The van der Waals surface area contributed by atoms with E-state index in [9.17, 15) is 22.4 Å². The van der Waals surface area contributed by atoms with Gasteiger partial charge < -0.3 is 9.67 Å². The van der Waals surface area contributed by atoms with Crippen LogP contribution in [0.1, 0.15) is 21.5 Å². The van der Waals surface area contributed by atoms with Crippen molar-refractivity contribution in [2.24, 2.45) is 0 Å². The Morgan fingerprint density at radius 3 is 2.62 bits per heavy atom. The molecule has 1 N–H and O–H groups in total. The van der Waals surface area contributed by atoms with Gasteiger partial charge in [0.05, 0.1) is 35.0 Å². The smallest absolute Gasteiger partial charge is 0.416 e. The van der Waals surface area contributed by atoms with Crippen LogP contribution in [0.15, 0.2) is 42.7 Å². The van der Waals surface area contributed by atoms with Crippen molar-refractivity contribution in [3.05, 3.63) is 65.2 Å². The molecule has 0 aliphatic heterocycles. The van der Waals surface area contributed by atoms with Gasteiger partial charge in [0.2, 0.25) is 0 Å². The van der Waals surface area contributed by atoms with E-state index in [-0.39, 0.29) is 17.6 Å². The number of alkyl halides is 3. The quantitative estimate of drug-likeness (QED) is 0.736. The minimum atomic E-state index is -4.50. The molecule has 24 heavy (non-hydrogen) atoms. The third-order valence-electron chi connectivity index (χ3n) is 3.60. The summed E-state index contributed by atoms with van der Waals surface area (Å²) in [4.78, 5) is 14.9. The molecular weight excluding hydrogens is 328 g/mol. The van der Waals surface area contributed by atoms with E-state index in [4.69, 9.17) is 5.11 Å². The highest BCUT2D eigenvalue weighted by molar-refractivity contribution is 5.88. The fourth-order valence-corrected chi connectivity index (χ4v) is 2.41. The van der Waals surface area contributed by atoms with Crippen molar-refractivity contribution >= 4 is 17.0 Å².